The Bertz CT molecular complexity index is 954. The molecule has 4 bridgehead atoms. The normalized spacial score (nSPS) is 29.1. The zero-order valence-corrected chi connectivity index (χ0v) is 19.1. The minimum Gasteiger partial charge on any atom is -0.495 e. The number of hydrogen-bond donors (Lipinski definition) is 3. The summed E-state index contributed by atoms with van der Waals surface area (Å²) in [4.78, 5) is 25.6. The summed E-state index contributed by atoms with van der Waals surface area (Å²) in [6, 6.07) is 3.85. The van der Waals surface area contributed by atoms with Gasteiger partial charge in [-0.3, -0.25) is 20.4 Å². The second-order valence-electron chi connectivity index (χ2n) is 9.75. The molecule has 4 aliphatic carbocycles. The minimum absolute atomic E-state index is 0.121. The maximum Gasteiger partial charge on any atom is 0.269 e. The maximum absolute atomic E-state index is 13.0. The molecule has 0 unspecified atom stereocenters. The lowest BCUT2D eigenvalue weighted by molar-refractivity contribution is -0.147. The number of carbonyl (C=O) groups is 2. The van der Waals surface area contributed by atoms with Gasteiger partial charge in [0.05, 0.1) is 12.5 Å². The van der Waals surface area contributed by atoms with E-state index in [0.717, 1.165) is 19.3 Å². The second kappa shape index (κ2) is 8.09. The molecule has 4 aliphatic rings. The van der Waals surface area contributed by atoms with Crippen LogP contribution in [0.2, 0.25) is 0 Å². The molecule has 0 atom stereocenters. The Kier molecular flexibility index (Phi) is 5.76. The molecule has 1 aromatic rings. The van der Waals surface area contributed by atoms with Crippen LogP contribution in [0, 0.1) is 23.2 Å². The molecule has 31 heavy (non-hydrogen) atoms. The zero-order valence-electron chi connectivity index (χ0n) is 18.2. The van der Waals surface area contributed by atoms with Gasteiger partial charge in [0, 0.05) is 11.6 Å². The number of sulfonamides is 1. The van der Waals surface area contributed by atoms with E-state index < -0.39 is 15.9 Å². The fourth-order valence-corrected chi connectivity index (χ4v) is 7.55. The Balaban J connectivity index is 1.47. The average Bonchev–Trinajstić information content (AvgIpc) is 2.69. The molecule has 0 aromatic heterocycles. The van der Waals surface area contributed by atoms with Gasteiger partial charge in [0.2, 0.25) is 15.9 Å². The Morgan fingerprint density at radius 2 is 1.61 bits per heavy atom. The first-order valence-electron chi connectivity index (χ1n) is 10.9. The van der Waals surface area contributed by atoms with E-state index in [4.69, 9.17) is 4.74 Å². The predicted molar refractivity (Wildman–Crippen MR) is 115 cm³/mol. The summed E-state index contributed by atoms with van der Waals surface area (Å²) in [6.07, 6.45) is 6.37. The van der Waals surface area contributed by atoms with Crippen molar-refractivity contribution in [1.82, 2.24) is 15.6 Å². The average molecular weight is 450 g/mol. The van der Waals surface area contributed by atoms with Crippen molar-refractivity contribution in [2.45, 2.75) is 63.3 Å². The number of hydrogen-bond acceptors (Lipinski definition) is 5. The number of ether oxygens (including phenoxy) is 1. The van der Waals surface area contributed by atoms with Gasteiger partial charge >= 0.3 is 0 Å². The van der Waals surface area contributed by atoms with E-state index in [0.29, 0.717) is 17.8 Å². The minimum atomic E-state index is -3.86. The van der Waals surface area contributed by atoms with Gasteiger partial charge in [-0.15, -0.1) is 0 Å². The van der Waals surface area contributed by atoms with Crippen LogP contribution in [0.1, 0.15) is 62.7 Å². The summed E-state index contributed by atoms with van der Waals surface area (Å²) >= 11 is 0. The van der Waals surface area contributed by atoms with Crippen LogP contribution in [0.5, 0.6) is 5.75 Å². The van der Waals surface area contributed by atoms with Crippen LogP contribution in [-0.4, -0.2) is 33.4 Å². The molecule has 5 rings (SSSR count). The van der Waals surface area contributed by atoms with Crippen molar-refractivity contribution in [2.75, 3.05) is 7.11 Å². The maximum atomic E-state index is 13.0. The van der Waals surface area contributed by atoms with Crippen LogP contribution >= 0.6 is 0 Å². The first-order valence-corrected chi connectivity index (χ1v) is 12.4. The summed E-state index contributed by atoms with van der Waals surface area (Å²) in [5.74, 6) is 1.31. The molecule has 0 spiro atoms. The Labute approximate surface area is 183 Å². The number of rotatable bonds is 6. The van der Waals surface area contributed by atoms with Crippen LogP contribution in [0.25, 0.3) is 0 Å². The smallest absolute Gasteiger partial charge is 0.269 e. The molecule has 4 fully saturated rings. The molecule has 2 amide bonds. The van der Waals surface area contributed by atoms with Crippen molar-refractivity contribution in [3.63, 3.8) is 0 Å². The first kappa shape index (κ1) is 22.1. The predicted octanol–water partition coefficient (Wildman–Crippen LogP) is 2.36. The van der Waals surface area contributed by atoms with Gasteiger partial charge in [-0.05, 0) is 88.3 Å². The van der Waals surface area contributed by atoms with Crippen LogP contribution < -0.4 is 20.3 Å². The van der Waals surface area contributed by atoms with Crippen LogP contribution in [-0.2, 0) is 14.8 Å². The van der Waals surface area contributed by atoms with Crippen LogP contribution in [0.4, 0.5) is 0 Å². The molecule has 170 valence electrons. The topological polar surface area (TPSA) is 114 Å². The van der Waals surface area contributed by atoms with E-state index in [1.54, 1.807) is 13.8 Å². The monoisotopic (exact) mass is 449 g/mol. The second-order valence-corrected chi connectivity index (χ2v) is 11.4. The van der Waals surface area contributed by atoms with E-state index in [1.165, 1.54) is 44.6 Å². The van der Waals surface area contributed by atoms with Gasteiger partial charge in [0.25, 0.3) is 5.91 Å². The molecule has 0 radical (unpaired) electrons. The standard InChI is InChI=1S/C22H31N3O5S/c1-13(2)25-31(28,29)19-9-17(4-5-18(19)30-3)20(26)23-24-21(27)22-10-14-6-15(11-22)8-16(7-14)12-22/h4-5,9,13-16,25H,6-8,10-12H2,1-3H3,(H,23,26)(H,24,27). The molecule has 4 saturated carbocycles. The van der Waals surface area contributed by atoms with Gasteiger partial charge in [-0.2, -0.15) is 0 Å². The quantitative estimate of drug-likeness (QED) is 0.577. The summed E-state index contributed by atoms with van der Waals surface area (Å²) in [6.45, 7) is 3.42. The number of carbonyl (C=O) groups excluding carboxylic acids is 2. The largest absolute Gasteiger partial charge is 0.495 e. The number of hydrazine groups is 1. The van der Waals surface area contributed by atoms with E-state index in [1.807, 2.05) is 0 Å². The van der Waals surface area contributed by atoms with Crippen molar-refractivity contribution < 1.29 is 22.7 Å². The first-order chi connectivity index (χ1) is 14.6. The third-order valence-corrected chi connectivity index (χ3v) is 8.60. The van der Waals surface area contributed by atoms with Crippen molar-refractivity contribution in [1.29, 1.82) is 0 Å². The Hall–Kier alpha value is -2.13. The number of methoxy groups -OCH3 is 1. The summed E-state index contributed by atoms with van der Waals surface area (Å²) in [7, 11) is -2.49. The van der Waals surface area contributed by atoms with Crippen molar-refractivity contribution in [3.8, 4) is 5.75 Å². The van der Waals surface area contributed by atoms with Crippen molar-refractivity contribution in [2.24, 2.45) is 23.2 Å². The Morgan fingerprint density at radius 3 is 2.13 bits per heavy atom. The molecular weight excluding hydrogens is 418 g/mol. The number of amides is 2. The fraction of sp³-hybridized carbons (Fsp3) is 0.636. The van der Waals surface area contributed by atoms with E-state index in [9.17, 15) is 18.0 Å². The Morgan fingerprint density at radius 1 is 1.03 bits per heavy atom. The van der Waals surface area contributed by atoms with Gasteiger partial charge in [-0.1, -0.05) is 0 Å². The molecule has 1 aromatic carbocycles. The molecular formula is C22H31N3O5S. The molecule has 3 N–H and O–H groups in total. The van der Waals surface area contributed by atoms with Gasteiger partial charge < -0.3 is 4.74 Å². The molecule has 8 nitrogen and oxygen atoms in total. The van der Waals surface area contributed by atoms with E-state index in [2.05, 4.69) is 15.6 Å². The lowest BCUT2D eigenvalue weighted by Crippen LogP contribution is -2.56. The number of benzene rings is 1. The van der Waals surface area contributed by atoms with Gasteiger partial charge in [-0.25, -0.2) is 13.1 Å². The van der Waals surface area contributed by atoms with Crippen molar-refractivity contribution >= 4 is 21.8 Å². The highest BCUT2D eigenvalue weighted by molar-refractivity contribution is 7.89. The highest BCUT2D eigenvalue weighted by atomic mass is 32.2. The number of nitrogens with one attached hydrogen (secondary N) is 3. The highest BCUT2D eigenvalue weighted by Gasteiger charge is 2.54. The highest BCUT2D eigenvalue weighted by Crippen LogP contribution is 2.60. The molecule has 9 heteroatoms. The summed E-state index contributed by atoms with van der Waals surface area (Å²) in [5, 5.41) is 0. The van der Waals surface area contributed by atoms with E-state index in [-0.39, 0.29) is 33.6 Å². The van der Waals surface area contributed by atoms with Crippen LogP contribution in [0.3, 0.4) is 0 Å². The van der Waals surface area contributed by atoms with E-state index >= 15 is 0 Å². The lowest BCUT2D eigenvalue weighted by atomic mass is 9.49. The summed E-state index contributed by atoms with van der Waals surface area (Å²) < 4.78 is 32.9. The van der Waals surface area contributed by atoms with Gasteiger partial charge in [0.1, 0.15) is 10.6 Å². The molecule has 0 heterocycles. The van der Waals surface area contributed by atoms with Gasteiger partial charge in [0.15, 0.2) is 0 Å². The van der Waals surface area contributed by atoms with Crippen molar-refractivity contribution in [3.05, 3.63) is 23.8 Å². The third-order valence-electron chi connectivity index (χ3n) is 6.92. The SMILES string of the molecule is COc1ccc(C(=O)NNC(=O)C23CC4CC(CC(C4)C2)C3)cc1S(=O)(=O)NC(C)C. The fourth-order valence-electron chi connectivity index (χ4n) is 6.11. The zero-order chi connectivity index (χ0) is 22.4. The van der Waals surface area contributed by atoms with Crippen LogP contribution in [0.15, 0.2) is 23.1 Å². The lowest BCUT2D eigenvalue weighted by Gasteiger charge is -2.55. The molecule has 0 aliphatic heterocycles. The summed E-state index contributed by atoms with van der Waals surface area (Å²) in [5.41, 5.74) is 4.85. The third kappa shape index (κ3) is 4.30. The molecule has 0 saturated heterocycles.